The smallest absolute Gasteiger partial charge is 0.248 e. The van der Waals surface area contributed by atoms with Gasteiger partial charge in [0.1, 0.15) is 10.7 Å². The lowest BCUT2D eigenvalue weighted by Crippen LogP contribution is -2.43. The minimum Gasteiger partial charge on any atom is -0.398 e. The van der Waals surface area contributed by atoms with Gasteiger partial charge in [-0.2, -0.15) is 4.31 Å². The molecule has 0 bridgehead atoms. The number of sulfonamides is 1. The number of benzene rings is 1. The Morgan fingerprint density at radius 2 is 1.95 bits per heavy atom. The van der Waals surface area contributed by atoms with Crippen molar-refractivity contribution in [2.45, 2.75) is 43.0 Å². The van der Waals surface area contributed by atoms with Crippen molar-refractivity contribution in [3.05, 3.63) is 24.0 Å². The van der Waals surface area contributed by atoms with E-state index >= 15 is 0 Å². The summed E-state index contributed by atoms with van der Waals surface area (Å²) in [5, 5.41) is 9.19. The van der Waals surface area contributed by atoms with Crippen molar-refractivity contribution in [3.63, 3.8) is 0 Å². The minimum absolute atomic E-state index is 0.0409. The number of aliphatic hydroxyl groups excluding tert-OH is 1. The third-order valence-electron chi connectivity index (χ3n) is 3.87. The number of hydrogen-bond donors (Lipinski definition) is 2. The molecule has 0 spiro atoms. The quantitative estimate of drug-likeness (QED) is 0.810. The van der Waals surface area contributed by atoms with E-state index in [1.807, 2.05) is 0 Å². The Morgan fingerprint density at radius 3 is 2.52 bits per heavy atom. The van der Waals surface area contributed by atoms with E-state index in [-0.39, 0.29) is 24.9 Å². The van der Waals surface area contributed by atoms with Gasteiger partial charge in [-0.05, 0) is 25.0 Å². The lowest BCUT2D eigenvalue weighted by atomic mass is 9.95. The van der Waals surface area contributed by atoms with E-state index in [0.717, 1.165) is 38.2 Å². The number of nitrogens with two attached hydrogens (primary N) is 1. The SMILES string of the molecule is Nc1cccc(F)c1S(=O)(=O)N(CCO)C1CCCCC1. The van der Waals surface area contributed by atoms with Crippen LogP contribution in [0.1, 0.15) is 32.1 Å². The fourth-order valence-electron chi connectivity index (χ4n) is 2.88. The molecular formula is C14H21FN2O3S. The van der Waals surface area contributed by atoms with Gasteiger partial charge < -0.3 is 10.8 Å². The van der Waals surface area contributed by atoms with Gasteiger partial charge in [0.2, 0.25) is 10.0 Å². The summed E-state index contributed by atoms with van der Waals surface area (Å²) in [6.07, 6.45) is 4.41. The Balaban J connectivity index is 2.42. The molecule has 0 saturated heterocycles. The van der Waals surface area contributed by atoms with Crippen LogP contribution in [0.2, 0.25) is 0 Å². The number of anilines is 1. The van der Waals surface area contributed by atoms with Crippen molar-refractivity contribution in [1.82, 2.24) is 4.31 Å². The Kier molecular flexibility index (Phi) is 5.18. The second kappa shape index (κ2) is 6.72. The van der Waals surface area contributed by atoms with Crippen LogP contribution in [0.15, 0.2) is 23.1 Å². The number of aliphatic hydroxyl groups is 1. The summed E-state index contributed by atoms with van der Waals surface area (Å²) in [5.74, 6) is -0.853. The molecule has 2 rings (SSSR count). The molecule has 0 heterocycles. The first kappa shape index (κ1) is 16.2. The molecular weight excluding hydrogens is 295 g/mol. The molecule has 118 valence electrons. The monoisotopic (exact) mass is 316 g/mol. The predicted octanol–water partition coefficient (Wildman–Crippen LogP) is 1.72. The van der Waals surface area contributed by atoms with Gasteiger partial charge >= 0.3 is 0 Å². The molecule has 0 aliphatic heterocycles. The van der Waals surface area contributed by atoms with E-state index in [0.29, 0.717) is 0 Å². The Hall–Kier alpha value is -1.18. The maximum absolute atomic E-state index is 14.0. The Morgan fingerprint density at radius 1 is 1.29 bits per heavy atom. The van der Waals surface area contributed by atoms with Crippen molar-refractivity contribution < 1.29 is 17.9 Å². The number of nitrogens with zero attached hydrogens (tertiary/aromatic N) is 1. The topological polar surface area (TPSA) is 83.6 Å². The zero-order valence-electron chi connectivity index (χ0n) is 11.8. The summed E-state index contributed by atoms with van der Waals surface area (Å²) < 4.78 is 40.7. The van der Waals surface area contributed by atoms with E-state index < -0.39 is 20.7 Å². The van der Waals surface area contributed by atoms with Gasteiger partial charge in [-0.1, -0.05) is 25.3 Å². The summed E-state index contributed by atoms with van der Waals surface area (Å²) >= 11 is 0. The highest BCUT2D eigenvalue weighted by Gasteiger charge is 2.34. The molecule has 1 aliphatic carbocycles. The van der Waals surface area contributed by atoms with Gasteiger partial charge in [0, 0.05) is 12.6 Å². The van der Waals surface area contributed by atoms with Crippen molar-refractivity contribution in [2.75, 3.05) is 18.9 Å². The summed E-state index contributed by atoms with van der Waals surface area (Å²) in [4.78, 5) is -0.482. The zero-order valence-corrected chi connectivity index (χ0v) is 12.7. The Bertz CT molecular complexity index is 566. The third-order valence-corrected chi connectivity index (χ3v) is 5.91. The van der Waals surface area contributed by atoms with Crippen LogP contribution in [0.4, 0.5) is 10.1 Å². The molecule has 0 aromatic heterocycles. The molecule has 21 heavy (non-hydrogen) atoms. The molecule has 0 atom stereocenters. The molecule has 0 unspecified atom stereocenters. The second-order valence-electron chi connectivity index (χ2n) is 5.29. The molecule has 0 radical (unpaired) electrons. The molecule has 1 aliphatic rings. The highest BCUT2D eigenvalue weighted by Crippen LogP contribution is 2.31. The summed E-state index contributed by atoms with van der Waals surface area (Å²) in [5.41, 5.74) is 5.56. The van der Waals surface area contributed by atoms with Gasteiger partial charge in [0.05, 0.1) is 12.3 Å². The maximum Gasteiger partial charge on any atom is 0.248 e. The largest absolute Gasteiger partial charge is 0.398 e. The molecule has 0 amide bonds. The van der Waals surface area contributed by atoms with Crippen LogP contribution in [0.3, 0.4) is 0 Å². The molecule has 3 N–H and O–H groups in total. The fraction of sp³-hybridized carbons (Fsp3) is 0.571. The highest BCUT2D eigenvalue weighted by atomic mass is 32.2. The van der Waals surface area contributed by atoms with Crippen LogP contribution in [0, 0.1) is 5.82 Å². The molecule has 1 fully saturated rings. The summed E-state index contributed by atoms with van der Waals surface area (Å²) in [7, 11) is -4.05. The molecule has 1 aromatic carbocycles. The normalized spacial score (nSPS) is 17.3. The van der Waals surface area contributed by atoms with Crippen LogP contribution in [-0.2, 0) is 10.0 Å². The predicted molar refractivity (Wildman–Crippen MR) is 78.7 cm³/mol. The summed E-state index contributed by atoms with van der Waals surface area (Å²) in [6.45, 7) is -0.342. The van der Waals surface area contributed by atoms with Crippen molar-refractivity contribution in [1.29, 1.82) is 0 Å². The summed E-state index contributed by atoms with van der Waals surface area (Å²) in [6, 6.07) is 3.63. The number of halogens is 1. The van der Waals surface area contributed by atoms with Gasteiger partial charge in [-0.3, -0.25) is 0 Å². The lowest BCUT2D eigenvalue weighted by molar-refractivity contribution is 0.199. The molecule has 5 nitrogen and oxygen atoms in total. The van der Waals surface area contributed by atoms with Gasteiger partial charge in [0.15, 0.2) is 0 Å². The first-order chi connectivity index (χ1) is 9.98. The number of rotatable bonds is 5. The van der Waals surface area contributed by atoms with E-state index in [2.05, 4.69) is 0 Å². The van der Waals surface area contributed by atoms with E-state index in [9.17, 15) is 17.9 Å². The highest BCUT2D eigenvalue weighted by molar-refractivity contribution is 7.89. The second-order valence-corrected chi connectivity index (χ2v) is 7.12. The first-order valence-electron chi connectivity index (χ1n) is 7.15. The average molecular weight is 316 g/mol. The van der Waals surface area contributed by atoms with Gasteiger partial charge in [0.25, 0.3) is 0 Å². The fourth-order valence-corrected chi connectivity index (χ4v) is 4.72. The van der Waals surface area contributed by atoms with Crippen molar-refractivity contribution in [2.24, 2.45) is 0 Å². The third kappa shape index (κ3) is 3.36. The van der Waals surface area contributed by atoms with E-state index in [4.69, 9.17) is 5.73 Å². The number of nitrogen functional groups attached to an aromatic ring is 1. The lowest BCUT2D eigenvalue weighted by Gasteiger charge is -2.33. The molecule has 1 aromatic rings. The van der Waals surface area contributed by atoms with Gasteiger partial charge in [-0.15, -0.1) is 0 Å². The first-order valence-corrected chi connectivity index (χ1v) is 8.59. The van der Waals surface area contributed by atoms with E-state index in [1.54, 1.807) is 0 Å². The molecule has 7 heteroatoms. The van der Waals surface area contributed by atoms with Crippen LogP contribution >= 0.6 is 0 Å². The standard InChI is InChI=1S/C14H21FN2O3S/c15-12-7-4-8-13(16)14(12)21(19,20)17(9-10-18)11-5-2-1-3-6-11/h4,7-8,11,18H,1-3,5-6,9-10,16H2. The van der Waals surface area contributed by atoms with Gasteiger partial charge in [-0.25, -0.2) is 12.8 Å². The number of hydrogen-bond acceptors (Lipinski definition) is 4. The average Bonchev–Trinajstić information content (AvgIpc) is 2.45. The van der Waals surface area contributed by atoms with Crippen LogP contribution < -0.4 is 5.73 Å². The van der Waals surface area contributed by atoms with Crippen molar-refractivity contribution >= 4 is 15.7 Å². The van der Waals surface area contributed by atoms with Crippen LogP contribution in [-0.4, -0.2) is 37.0 Å². The van der Waals surface area contributed by atoms with E-state index in [1.165, 1.54) is 16.4 Å². The Labute approximate surface area is 124 Å². The zero-order chi connectivity index (χ0) is 15.5. The van der Waals surface area contributed by atoms with Crippen LogP contribution in [0.25, 0.3) is 0 Å². The minimum atomic E-state index is -4.05. The maximum atomic E-state index is 14.0. The van der Waals surface area contributed by atoms with Crippen LogP contribution in [0.5, 0.6) is 0 Å². The molecule has 1 saturated carbocycles. The van der Waals surface area contributed by atoms with Crippen molar-refractivity contribution in [3.8, 4) is 0 Å².